The second-order valence-corrected chi connectivity index (χ2v) is 6.25. The number of hydrogen-bond donors (Lipinski definition) is 2. The predicted octanol–water partition coefficient (Wildman–Crippen LogP) is 3.74. The number of ether oxygens (including phenoxy) is 1. The summed E-state index contributed by atoms with van der Waals surface area (Å²) in [5, 5.41) is 6.20. The molecule has 1 aliphatic heterocycles. The number of carbonyl (C=O) groups excluding carboxylic acids is 1. The highest BCUT2D eigenvalue weighted by Gasteiger charge is 2.20. The predicted molar refractivity (Wildman–Crippen MR) is 91.4 cm³/mol. The van der Waals surface area contributed by atoms with Crippen LogP contribution in [0.3, 0.4) is 0 Å². The molecule has 1 saturated heterocycles. The molecule has 0 spiro atoms. The fraction of sp³-hybridized carbons (Fsp3) is 0.533. The van der Waals surface area contributed by atoms with E-state index in [1.54, 1.807) is 0 Å². The first-order chi connectivity index (χ1) is 9.54. The van der Waals surface area contributed by atoms with E-state index in [9.17, 15) is 4.79 Å². The van der Waals surface area contributed by atoms with E-state index in [1.165, 1.54) is 0 Å². The minimum Gasteiger partial charge on any atom is -0.491 e. The van der Waals surface area contributed by atoms with Crippen molar-refractivity contribution < 1.29 is 9.53 Å². The van der Waals surface area contributed by atoms with E-state index in [0.29, 0.717) is 0 Å². The van der Waals surface area contributed by atoms with Crippen LogP contribution in [0.4, 0.5) is 5.69 Å². The van der Waals surface area contributed by atoms with Crippen molar-refractivity contribution in [1.29, 1.82) is 0 Å². The first-order valence-electron chi connectivity index (χ1n) is 7.06. The molecule has 1 aliphatic rings. The molecule has 0 radical (unpaired) electrons. The molecule has 4 nitrogen and oxygen atoms in total. The molecule has 1 atom stereocenters. The maximum atomic E-state index is 12.2. The fourth-order valence-corrected chi connectivity index (χ4v) is 2.75. The molecular formula is C15H22BrClN2O2. The number of halogens is 2. The van der Waals surface area contributed by atoms with Crippen molar-refractivity contribution in [2.45, 2.75) is 45.3 Å². The summed E-state index contributed by atoms with van der Waals surface area (Å²) in [6.45, 7) is 4.87. The molecule has 1 heterocycles. The van der Waals surface area contributed by atoms with E-state index < -0.39 is 0 Å². The van der Waals surface area contributed by atoms with Crippen molar-refractivity contribution in [3.8, 4) is 5.75 Å². The van der Waals surface area contributed by atoms with Crippen LogP contribution in [0.2, 0.25) is 0 Å². The third-order valence-corrected chi connectivity index (χ3v) is 3.60. The standard InChI is InChI=1S/C15H21BrN2O2.ClH/c1-10(2)20-13-8-11(16)7-12(9-13)18-15(19)14-5-3-4-6-17-14;/h7-10,14,17H,3-6H2,1-2H3,(H,18,19);1H. The zero-order valence-electron chi connectivity index (χ0n) is 12.3. The molecule has 0 bridgehead atoms. The van der Waals surface area contributed by atoms with Crippen LogP contribution in [0.25, 0.3) is 0 Å². The monoisotopic (exact) mass is 376 g/mol. The molecule has 1 aromatic rings. The average molecular weight is 378 g/mol. The molecule has 2 N–H and O–H groups in total. The summed E-state index contributed by atoms with van der Waals surface area (Å²) in [4.78, 5) is 12.2. The third kappa shape index (κ3) is 5.85. The quantitative estimate of drug-likeness (QED) is 0.840. The van der Waals surface area contributed by atoms with Crippen LogP contribution in [-0.2, 0) is 4.79 Å². The highest BCUT2D eigenvalue weighted by Crippen LogP contribution is 2.26. The molecule has 2 rings (SSSR count). The molecular weight excluding hydrogens is 356 g/mol. The summed E-state index contributed by atoms with van der Waals surface area (Å²) in [5.74, 6) is 0.777. The Morgan fingerprint density at radius 3 is 2.76 bits per heavy atom. The lowest BCUT2D eigenvalue weighted by molar-refractivity contribution is -0.118. The van der Waals surface area contributed by atoms with Crippen molar-refractivity contribution in [3.05, 3.63) is 22.7 Å². The second kappa shape index (κ2) is 8.61. The van der Waals surface area contributed by atoms with Gasteiger partial charge in [0, 0.05) is 16.2 Å². The molecule has 118 valence electrons. The lowest BCUT2D eigenvalue weighted by Gasteiger charge is -2.22. The molecule has 1 unspecified atom stereocenters. The molecule has 0 aromatic heterocycles. The van der Waals surface area contributed by atoms with Gasteiger partial charge in [0.05, 0.1) is 12.1 Å². The van der Waals surface area contributed by atoms with Gasteiger partial charge >= 0.3 is 0 Å². The first-order valence-corrected chi connectivity index (χ1v) is 7.85. The van der Waals surface area contributed by atoms with Gasteiger partial charge in [0.25, 0.3) is 0 Å². The maximum Gasteiger partial charge on any atom is 0.241 e. The largest absolute Gasteiger partial charge is 0.491 e. The zero-order chi connectivity index (χ0) is 14.5. The number of benzene rings is 1. The highest BCUT2D eigenvalue weighted by molar-refractivity contribution is 9.10. The van der Waals surface area contributed by atoms with Gasteiger partial charge in [0.15, 0.2) is 0 Å². The van der Waals surface area contributed by atoms with Crippen molar-refractivity contribution in [2.75, 3.05) is 11.9 Å². The Hall–Kier alpha value is -0.780. The summed E-state index contributed by atoms with van der Waals surface area (Å²) in [6, 6.07) is 5.55. The van der Waals surface area contributed by atoms with Gasteiger partial charge in [-0.2, -0.15) is 0 Å². The van der Waals surface area contributed by atoms with Gasteiger partial charge < -0.3 is 15.4 Å². The normalized spacial score (nSPS) is 18.0. The number of carbonyl (C=O) groups is 1. The van der Waals surface area contributed by atoms with E-state index in [-0.39, 0.29) is 30.5 Å². The van der Waals surface area contributed by atoms with Crippen LogP contribution >= 0.6 is 28.3 Å². The molecule has 6 heteroatoms. The summed E-state index contributed by atoms with van der Waals surface area (Å²) >= 11 is 3.44. The van der Waals surface area contributed by atoms with Gasteiger partial charge in [0.1, 0.15) is 5.75 Å². The van der Waals surface area contributed by atoms with Gasteiger partial charge in [0.2, 0.25) is 5.91 Å². The van der Waals surface area contributed by atoms with E-state index in [4.69, 9.17) is 4.74 Å². The minimum absolute atomic E-state index is 0. The van der Waals surface area contributed by atoms with Crippen molar-refractivity contribution in [3.63, 3.8) is 0 Å². The lowest BCUT2D eigenvalue weighted by atomic mass is 10.0. The minimum atomic E-state index is -0.0859. The van der Waals surface area contributed by atoms with Crippen molar-refractivity contribution in [1.82, 2.24) is 5.32 Å². The summed E-state index contributed by atoms with van der Waals surface area (Å²) in [5.41, 5.74) is 0.757. The molecule has 1 amide bonds. The molecule has 1 fully saturated rings. The van der Waals surface area contributed by atoms with Crippen molar-refractivity contribution in [2.24, 2.45) is 0 Å². The van der Waals surface area contributed by atoms with Crippen LogP contribution in [0, 0.1) is 0 Å². The van der Waals surface area contributed by atoms with Crippen LogP contribution in [-0.4, -0.2) is 24.6 Å². The Morgan fingerprint density at radius 1 is 1.38 bits per heavy atom. The third-order valence-electron chi connectivity index (χ3n) is 3.14. The average Bonchev–Trinajstić information content (AvgIpc) is 2.38. The topological polar surface area (TPSA) is 50.4 Å². The van der Waals surface area contributed by atoms with Crippen LogP contribution in [0.1, 0.15) is 33.1 Å². The van der Waals surface area contributed by atoms with Crippen LogP contribution in [0.15, 0.2) is 22.7 Å². The smallest absolute Gasteiger partial charge is 0.241 e. The zero-order valence-corrected chi connectivity index (χ0v) is 14.7. The summed E-state index contributed by atoms with van der Waals surface area (Å²) in [6.07, 6.45) is 3.25. The number of hydrogen-bond acceptors (Lipinski definition) is 3. The molecule has 21 heavy (non-hydrogen) atoms. The van der Waals surface area contributed by atoms with Gasteiger partial charge in [-0.05, 0) is 45.4 Å². The van der Waals surface area contributed by atoms with Crippen molar-refractivity contribution >= 4 is 39.9 Å². The Morgan fingerprint density at radius 2 is 2.14 bits per heavy atom. The van der Waals surface area contributed by atoms with Gasteiger partial charge in [-0.1, -0.05) is 22.4 Å². The van der Waals surface area contributed by atoms with E-state index in [2.05, 4.69) is 26.6 Å². The Kier molecular flexibility index (Phi) is 7.49. The van der Waals surface area contributed by atoms with Gasteiger partial charge in [-0.15, -0.1) is 12.4 Å². The van der Waals surface area contributed by atoms with Crippen LogP contribution < -0.4 is 15.4 Å². The molecule has 0 saturated carbocycles. The molecule has 1 aromatic carbocycles. The van der Waals surface area contributed by atoms with E-state index in [0.717, 1.165) is 41.7 Å². The van der Waals surface area contributed by atoms with E-state index >= 15 is 0 Å². The van der Waals surface area contributed by atoms with E-state index in [1.807, 2.05) is 32.0 Å². The highest BCUT2D eigenvalue weighted by atomic mass is 79.9. The number of anilines is 1. The fourth-order valence-electron chi connectivity index (χ4n) is 2.28. The Labute approximate surface area is 140 Å². The van der Waals surface area contributed by atoms with Gasteiger partial charge in [-0.25, -0.2) is 0 Å². The summed E-state index contributed by atoms with van der Waals surface area (Å²) < 4.78 is 6.56. The van der Waals surface area contributed by atoms with Gasteiger partial charge in [-0.3, -0.25) is 4.79 Å². The number of amides is 1. The SMILES string of the molecule is CC(C)Oc1cc(Br)cc(NC(=O)C2CCCCN2)c1.Cl. The number of nitrogens with one attached hydrogen (secondary N) is 2. The lowest BCUT2D eigenvalue weighted by Crippen LogP contribution is -2.43. The summed E-state index contributed by atoms with van der Waals surface area (Å²) in [7, 11) is 0. The Bertz CT molecular complexity index is 477. The number of piperidine rings is 1. The number of rotatable bonds is 4. The molecule has 0 aliphatic carbocycles. The first kappa shape index (κ1) is 18.3. The van der Waals surface area contributed by atoms with Crippen LogP contribution in [0.5, 0.6) is 5.75 Å². The second-order valence-electron chi connectivity index (χ2n) is 5.33. The Balaban J connectivity index is 0.00000220. The maximum absolute atomic E-state index is 12.2.